The van der Waals surface area contributed by atoms with Crippen LogP contribution in [0.3, 0.4) is 0 Å². The Labute approximate surface area is 133 Å². The average Bonchev–Trinajstić information content (AvgIpc) is 2.51. The third-order valence-electron chi connectivity index (χ3n) is 2.96. The molecule has 0 fully saturated rings. The van der Waals surface area contributed by atoms with Crippen LogP contribution in [-0.4, -0.2) is 32.0 Å². The van der Waals surface area contributed by atoms with Gasteiger partial charge in [-0.15, -0.1) is 0 Å². The van der Waals surface area contributed by atoms with Crippen molar-refractivity contribution in [2.45, 2.75) is 20.3 Å². The van der Waals surface area contributed by atoms with Crippen LogP contribution in [-0.2, 0) is 4.79 Å². The molecule has 0 bridgehead atoms. The van der Waals surface area contributed by atoms with Gasteiger partial charge in [0.1, 0.15) is 0 Å². The van der Waals surface area contributed by atoms with E-state index in [1.54, 1.807) is 7.05 Å². The molecule has 23 heavy (non-hydrogen) atoms. The van der Waals surface area contributed by atoms with Gasteiger partial charge in [0.05, 0.1) is 12.2 Å². The van der Waals surface area contributed by atoms with Gasteiger partial charge in [-0.1, -0.05) is 13.8 Å². The van der Waals surface area contributed by atoms with E-state index in [-0.39, 0.29) is 6.54 Å². The van der Waals surface area contributed by atoms with Crippen molar-refractivity contribution >= 4 is 17.6 Å². The Balaban J connectivity index is 2.49. The van der Waals surface area contributed by atoms with E-state index < -0.39 is 29.0 Å². The van der Waals surface area contributed by atoms with Gasteiger partial charge < -0.3 is 16.0 Å². The molecule has 0 aliphatic heterocycles. The summed E-state index contributed by atoms with van der Waals surface area (Å²) in [6.45, 7) is 4.67. The second-order valence-electron chi connectivity index (χ2n) is 5.31. The number of amides is 1. The molecule has 1 rings (SSSR count). The Morgan fingerprint density at radius 3 is 2.48 bits per heavy atom. The minimum atomic E-state index is -1.62. The summed E-state index contributed by atoms with van der Waals surface area (Å²) < 4.78 is 39.3. The lowest BCUT2D eigenvalue weighted by Gasteiger charge is -2.13. The summed E-state index contributed by atoms with van der Waals surface area (Å²) in [5.74, 6) is -4.03. The quantitative estimate of drug-likeness (QED) is 0.426. The number of guanidine groups is 1. The monoisotopic (exact) mass is 330 g/mol. The summed E-state index contributed by atoms with van der Waals surface area (Å²) in [6, 6.07) is 1.70. The second-order valence-corrected chi connectivity index (χ2v) is 5.31. The van der Waals surface area contributed by atoms with Crippen molar-refractivity contribution in [1.29, 1.82) is 0 Å². The number of carbonyl (C=O) groups is 1. The fourth-order valence-electron chi connectivity index (χ4n) is 1.68. The molecule has 0 saturated carbocycles. The summed E-state index contributed by atoms with van der Waals surface area (Å²) in [4.78, 5) is 15.7. The summed E-state index contributed by atoms with van der Waals surface area (Å²) in [5.41, 5.74) is -0.418. The lowest BCUT2D eigenvalue weighted by molar-refractivity contribution is -0.115. The van der Waals surface area contributed by atoms with Crippen molar-refractivity contribution < 1.29 is 18.0 Å². The van der Waals surface area contributed by atoms with E-state index in [4.69, 9.17) is 0 Å². The Kier molecular flexibility index (Phi) is 7.37. The largest absolute Gasteiger partial charge is 0.356 e. The van der Waals surface area contributed by atoms with Crippen molar-refractivity contribution in [3.63, 3.8) is 0 Å². The van der Waals surface area contributed by atoms with Crippen LogP contribution in [0.4, 0.5) is 18.9 Å². The number of anilines is 1. The Bertz CT molecular complexity index is 576. The van der Waals surface area contributed by atoms with Gasteiger partial charge in [0, 0.05) is 13.6 Å². The maximum atomic E-state index is 13.4. The lowest BCUT2D eigenvalue weighted by atomic mass is 10.1. The van der Waals surface area contributed by atoms with Gasteiger partial charge in [0.25, 0.3) is 0 Å². The molecule has 0 spiro atoms. The Morgan fingerprint density at radius 1 is 1.17 bits per heavy atom. The molecule has 0 aliphatic carbocycles. The first-order valence-electron chi connectivity index (χ1n) is 7.23. The van der Waals surface area contributed by atoms with Crippen LogP contribution in [0.2, 0.25) is 0 Å². The molecular formula is C15H21F3N4O. The molecule has 128 valence electrons. The molecular weight excluding hydrogens is 309 g/mol. The minimum absolute atomic E-state index is 0.195. The van der Waals surface area contributed by atoms with E-state index in [0.29, 0.717) is 18.4 Å². The Morgan fingerprint density at radius 2 is 1.87 bits per heavy atom. The SMILES string of the molecule is CN=C(NCCC(C)C)NCC(=O)Nc1ccc(F)c(F)c1F. The first-order chi connectivity index (χ1) is 10.8. The molecule has 0 radical (unpaired) electrons. The van der Waals surface area contributed by atoms with Gasteiger partial charge in [0.15, 0.2) is 23.4 Å². The van der Waals surface area contributed by atoms with Crippen LogP contribution in [0.15, 0.2) is 17.1 Å². The molecule has 1 aromatic rings. The highest BCUT2D eigenvalue weighted by molar-refractivity contribution is 5.95. The highest BCUT2D eigenvalue weighted by Crippen LogP contribution is 2.19. The fraction of sp³-hybridized carbons (Fsp3) is 0.467. The first-order valence-corrected chi connectivity index (χ1v) is 7.23. The zero-order valence-electron chi connectivity index (χ0n) is 13.3. The van der Waals surface area contributed by atoms with Crippen LogP contribution in [0, 0.1) is 23.4 Å². The van der Waals surface area contributed by atoms with Gasteiger partial charge in [-0.2, -0.15) is 0 Å². The number of hydrogen-bond acceptors (Lipinski definition) is 2. The molecule has 5 nitrogen and oxygen atoms in total. The maximum Gasteiger partial charge on any atom is 0.243 e. The van der Waals surface area contributed by atoms with E-state index >= 15 is 0 Å². The fourth-order valence-corrected chi connectivity index (χ4v) is 1.68. The lowest BCUT2D eigenvalue weighted by Crippen LogP contribution is -2.42. The highest BCUT2D eigenvalue weighted by Gasteiger charge is 2.15. The molecule has 0 unspecified atom stereocenters. The van der Waals surface area contributed by atoms with Gasteiger partial charge >= 0.3 is 0 Å². The normalized spacial score (nSPS) is 11.5. The van der Waals surface area contributed by atoms with Crippen LogP contribution >= 0.6 is 0 Å². The smallest absolute Gasteiger partial charge is 0.243 e. The second kappa shape index (κ2) is 9.02. The maximum absolute atomic E-state index is 13.4. The van der Waals surface area contributed by atoms with Crippen LogP contribution in [0.1, 0.15) is 20.3 Å². The summed E-state index contributed by atoms with van der Waals surface area (Å²) >= 11 is 0. The number of rotatable bonds is 6. The Hall–Kier alpha value is -2.25. The minimum Gasteiger partial charge on any atom is -0.356 e. The predicted octanol–water partition coefficient (Wildman–Crippen LogP) is 2.25. The molecule has 1 aromatic carbocycles. The standard InChI is InChI=1S/C15H21F3N4O/c1-9(2)6-7-20-15(19-3)21-8-12(23)22-11-5-4-10(16)13(17)14(11)18/h4-5,9H,6-8H2,1-3H3,(H,22,23)(H2,19,20,21). The first kappa shape index (κ1) is 18.8. The van der Waals surface area contributed by atoms with Crippen LogP contribution in [0.5, 0.6) is 0 Å². The predicted molar refractivity (Wildman–Crippen MR) is 83.8 cm³/mol. The number of hydrogen-bond donors (Lipinski definition) is 3. The number of halogens is 3. The average molecular weight is 330 g/mol. The van der Waals surface area contributed by atoms with E-state index in [1.165, 1.54) is 0 Å². The van der Waals surface area contributed by atoms with Crippen molar-refractivity contribution in [2.75, 3.05) is 25.5 Å². The molecule has 1 amide bonds. The van der Waals surface area contributed by atoms with Crippen molar-refractivity contribution in [3.05, 3.63) is 29.6 Å². The summed E-state index contributed by atoms with van der Waals surface area (Å²) in [5, 5.41) is 7.93. The summed E-state index contributed by atoms with van der Waals surface area (Å²) in [7, 11) is 1.55. The number of nitrogens with zero attached hydrogens (tertiary/aromatic N) is 1. The van der Waals surface area contributed by atoms with E-state index in [9.17, 15) is 18.0 Å². The third kappa shape index (κ3) is 6.17. The van der Waals surface area contributed by atoms with Crippen molar-refractivity contribution in [1.82, 2.24) is 10.6 Å². The third-order valence-corrected chi connectivity index (χ3v) is 2.96. The molecule has 0 heterocycles. The van der Waals surface area contributed by atoms with Gasteiger partial charge in [-0.05, 0) is 24.5 Å². The van der Waals surface area contributed by atoms with Gasteiger partial charge in [-0.3, -0.25) is 9.79 Å². The molecule has 0 saturated heterocycles. The molecule has 8 heteroatoms. The number of carbonyl (C=O) groups excluding carboxylic acids is 1. The zero-order chi connectivity index (χ0) is 17.4. The van der Waals surface area contributed by atoms with E-state index in [2.05, 4.69) is 34.8 Å². The molecule has 3 N–H and O–H groups in total. The van der Waals surface area contributed by atoms with Crippen molar-refractivity contribution in [3.8, 4) is 0 Å². The summed E-state index contributed by atoms with van der Waals surface area (Å²) in [6.07, 6.45) is 0.937. The topological polar surface area (TPSA) is 65.5 Å². The highest BCUT2D eigenvalue weighted by atomic mass is 19.2. The van der Waals surface area contributed by atoms with E-state index in [1.807, 2.05) is 0 Å². The van der Waals surface area contributed by atoms with Gasteiger partial charge in [0.2, 0.25) is 5.91 Å². The van der Waals surface area contributed by atoms with Crippen molar-refractivity contribution in [2.24, 2.45) is 10.9 Å². The molecule has 0 aromatic heterocycles. The van der Waals surface area contributed by atoms with Crippen LogP contribution in [0.25, 0.3) is 0 Å². The number of nitrogens with one attached hydrogen (secondary N) is 3. The number of benzene rings is 1. The van der Waals surface area contributed by atoms with Crippen LogP contribution < -0.4 is 16.0 Å². The van der Waals surface area contributed by atoms with Gasteiger partial charge in [-0.25, -0.2) is 13.2 Å². The number of aliphatic imine (C=N–C) groups is 1. The molecule has 0 atom stereocenters. The molecule has 0 aliphatic rings. The zero-order valence-corrected chi connectivity index (χ0v) is 13.3. The van der Waals surface area contributed by atoms with E-state index in [0.717, 1.165) is 18.6 Å².